The van der Waals surface area contributed by atoms with Gasteiger partial charge in [0, 0.05) is 30.4 Å². The number of halogens is 1. The monoisotopic (exact) mass is 372 g/mol. The molecule has 138 valence electrons. The van der Waals surface area contributed by atoms with Gasteiger partial charge in [-0.15, -0.1) is 0 Å². The minimum Gasteiger partial charge on any atom is -0.354 e. The minimum absolute atomic E-state index is 0.000270. The fraction of sp³-hybridized carbons (Fsp3) is 0.450. The number of piperidine rings is 1. The van der Waals surface area contributed by atoms with Crippen molar-refractivity contribution in [2.75, 3.05) is 25.0 Å². The van der Waals surface area contributed by atoms with Crippen molar-refractivity contribution in [3.63, 3.8) is 0 Å². The standard InChI is InChI=1S/C20H25ClN4O/c1-14-7-10-25(11-8-14)19(26)18-12-15(2)23-20(24-18)22-9-6-16-4-3-5-17(21)13-16/h3-5,12-14H,6-11H2,1-2H3,(H,22,23,24). The van der Waals surface area contributed by atoms with Gasteiger partial charge < -0.3 is 10.2 Å². The van der Waals surface area contributed by atoms with E-state index in [0.29, 0.717) is 24.1 Å². The van der Waals surface area contributed by atoms with Gasteiger partial charge in [0.2, 0.25) is 5.95 Å². The van der Waals surface area contributed by atoms with Crippen LogP contribution in [0, 0.1) is 12.8 Å². The summed E-state index contributed by atoms with van der Waals surface area (Å²) in [6.07, 6.45) is 2.92. The molecule has 3 rings (SSSR count). The van der Waals surface area contributed by atoms with Crippen molar-refractivity contribution in [1.82, 2.24) is 14.9 Å². The molecule has 1 aromatic carbocycles. The van der Waals surface area contributed by atoms with E-state index in [1.807, 2.05) is 36.1 Å². The number of aryl methyl sites for hydroxylation is 1. The Morgan fingerprint density at radius 1 is 1.27 bits per heavy atom. The van der Waals surface area contributed by atoms with Crippen LogP contribution < -0.4 is 5.32 Å². The van der Waals surface area contributed by atoms with Crippen molar-refractivity contribution < 1.29 is 4.79 Å². The SMILES string of the molecule is Cc1cc(C(=O)N2CCC(C)CC2)nc(NCCc2cccc(Cl)c2)n1. The number of anilines is 1. The molecule has 1 N–H and O–H groups in total. The first kappa shape index (κ1) is 18.6. The molecule has 0 saturated carbocycles. The summed E-state index contributed by atoms with van der Waals surface area (Å²) >= 11 is 6.01. The molecule has 1 aliphatic heterocycles. The summed E-state index contributed by atoms with van der Waals surface area (Å²) in [6.45, 7) is 6.41. The van der Waals surface area contributed by atoms with Gasteiger partial charge in [-0.05, 0) is 55.9 Å². The second-order valence-corrected chi connectivity index (χ2v) is 7.44. The summed E-state index contributed by atoms with van der Waals surface area (Å²) in [6, 6.07) is 9.56. The zero-order chi connectivity index (χ0) is 18.5. The summed E-state index contributed by atoms with van der Waals surface area (Å²) in [4.78, 5) is 23.5. The van der Waals surface area contributed by atoms with E-state index >= 15 is 0 Å². The van der Waals surface area contributed by atoms with Gasteiger partial charge in [-0.25, -0.2) is 9.97 Å². The Morgan fingerprint density at radius 3 is 2.77 bits per heavy atom. The number of likely N-dealkylation sites (tertiary alicyclic amines) is 1. The van der Waals surface area contributed by atoms with Gasteiger partial charge in [0.15, 0.2) is 0 Å². The van der Waals surface area contributed by atoms with Crippen LogP contribution in [0.3, 0.4) is 0 Å². The zero-order valence-corrected chi connectivity index (χ0v) is 16.1. The highest BCUT2D eigenvalue weighted by Gasteiger charge is 2.23. The Bertz CT molecular complexity index is 772. The smallest absolute Gasteiger partial charge is 0.272 e. The minimum atomic E-state index is 0.000270. The molecule has 1 amide bonds. The van der Waals surface area contributed by atoms with E-state index < -0.39 is 0 Å². The number of nitrogens with one attached hydrogen (secondary N) is 1. The normalized spacial score (nSPS) is 15.1. The van der Waals surface area contributed by atoms with Gasteiger partial charge >= 0.3 is 0 Å². The number of hydrogen-bond acceptors (Lipinski definition) is 4. The number of nitrogens with zero attached hydrogens (tertiary/aromatic N) is 3. The molecule has 1 saturated heterocycles. The molecule has 6 heteroatoms. The van der Waals surface area contributed by atoms with Crippen molar-refractivity contribution in [2.45, 2.75) is 33.1 Å². The van der Waals surface area contributed by atoms with Gasteiger partial charge in [-0.1, -0.05) is 30.7 Å². The highest BCUT2D eigenvalue weighted by Crippen LogP contribution is 2.18. The van der Waals surface area contributed by atoms with Crippen LogP contribution in [0.2, 0.25) is 5.02 Å². The lowest BCUT2D eigenvalue weighted by atomic mass is 9.99. The van der Waals surface area contributed by atoms with E-state index in [1.54, 1.807) is 6.07 Å². The second-order valence-electron chi connectivity index (χ2n) is 7.00. The number of hydrogen-bond donors (Lipinski definition) is 1. The molecule has 26 heavy (non-hydrogen) atoms. The second kappa shape index (κ2) is 8.49. The quantitative estimate of drug-likeness (QED) is 0.862. The number of rotatable bonds is 5. The molecule has 2 aromatic rings. The Morgan fingerprint density at radius 2 is 2.04 bits per heavy atom. The van der Waals surface area contributed by atoms with Gasteiger partial charge in [0.05, 0.1) is 0 Å². The van der Waals surface area contributed by atoms with Crippen LogP contribution >= 0.6 is 11.6 Å². The van der Waals surface area contributed by atoms with E-state index in [4.69, 9.17) is 11.6 Å². The lowest BCUT2D eigenvalue weighted by molar-refractivity contribution is 0.0691. The number of carbonyl (C=O) groups excluding carboxylic acids is 1. The molecule has 0 spiro atoms. The maximum Gasteiger partial charge on any atom is 0.272 e. The third kappa shape index (κ3) is 4.94. The fourth-order valence-corrected chi connectivity index (χ4v) is 3.35. The van der Waals surface area contributed by atoms with Crippen molar-refractivity contribution in [3.8, 4) is 0 Å². The average molecular weight is 373 g/mol. The van der Waals surface area contributed by atoms with Crippen LogP contribution in [0.5, 0.6) is 0 Å². The van der Waals surface area contributed by atoms with E-state index in [2.05, 4.69) is 22.2 Å². The summed E-state index contributed by atoms with van der Waals surface area (Å²) in [5.41, 5.74) is 2.41. The Balaban J connectivity index is 1.62. The van der Waals surface area contributed by atoms with Crippen molar-refractivity contribution in [1.29, 1.82) is 0 Å². The van der Waals surface area contributed by atoms with E-state index in [0.717, 1.165) is 48.6 Å². The van der Waals surface area contributed by atoms with Crippen molar-refractivity contribution >= 4 is 23.5 Å². The molecule has 1 aliphatic rings. The molecule has 1 fully saturated rings. The maximum atomic E-state index is 12.7. The summed E-state index contributed by atoms with van der Waals surface area (Å²) in [7, 11) is 0. The van der Waals surface area contributed by atoms with Crippen LogP contribution in [0.4, 0.5) is 5.95 Å². The summed E-state index contributed by atoms with van der Waals surface area (Å²) in [5.74, 6) is 1.19. The number of aromatic nitrogens is 2. The summed E-state index contributed by atoms with van der Waals surface area (Å²) < 4.78 is 0. The molecular formula is C20H25ClN4O. The Kier molecular flexibility index (Phi) is 6.09. The van der Waals surface area contributed by atoms with E-state index in [1.165, 1.54) is 0 Å². The van der Waals surface area contributed by atoms with Gasteiger partial charge in [0.25, 0.3) is 5.91 Å². The predicted molar refractivity (Wildman–Crippen MR) is 105 cm³/mol. The number of benzene rings is 1. The van der Waals surface area contributed by atoms with Gasteiger partial charge in [-0.2, -0.15) is 0 Å². The van der Waals surface area contributed by atoms with Gasteiger partial charge in [0.1, 0.15) is 5.69 Å². The van der Waals surface area contributed by atoms with Crippen LogP contribution in [0.25, 0.3) is 0 Å². The largest absolute Gasteiger partial charge is 0.354 e. The molecule has 0 bridgehead atoms. The first-order valence-corrected chi connectivity index (χ1v) is 9.52. The molecule has 5 nitrogen and oxygen atoms in total. The van der Waals surface area contributed by atoms with Crippen molar-refractivity contribution in [3.05, 3.63) is 52.3 Å². The molecule has 0 aliphatic carbocycles. The predicted octanol–water partition coefficient (Wildman–Crippen LogP) is 3.97. The third-order valence-electron chi connectivity index (χ3n) is 4.73. The van der Waals surface area contributed by atoms with Crippen molar-refractivity contribution in [2.24, 2.45) is 5.92 Å². The van der Waals surface area contributed by atoms with E-state index in [-0.39, 0.29) is 5.91 Å². The van der Waals surface area contributed by atoms with Gasteiger partial charge in [-0.3, -0.25) is 4.79 Å². The highest BCUT2D eigenvalue weighted by atomic mass is 35.5. The fourth-order valence-electron chi connectivity index (χ4n) is 3.14. The van der Waals surface area contributed by atoms with E-state index in [9.17, 15) is 4.79 Å². The molecule has 0 atom stereocenters. The lowest BCUT2D eigenvalue weighted by Gasteiger charge is -2.30. The van der Waals surface area contributed by atoms with Crippen LogP contribution in [-0.2, 0) is 6.42 Å². The first-order chi connectivity index (χ1) is 12.5. The third-order valence-corrected chi connectivity index (χ3v) is 4.97. The number of carbonyl (C=O) groups is 1. The van der Waals surface area contributed by atoms with Crippen LogP contribution in [-0.4, -0.2) is 40.4 Å². The molecular weight excluding hydrogens is 348 g/mol. The van der Waals surface area contributed by atoms with Crippen LogP contribution in [0.1, 0.15) is 41.5 Å². The number of amides is 1. The Labute approximate surface area is 159 Å². The Hall–Kier alpha value is -2.14. The lowest BCUT2D eigenvalue weighted by Crippen LogP contribution is -2.38. The molecule has 2 heterocycles. The topological polar surface area (TPSA) is 58.1 Å². The molecule has 0 radical (unpaired) electrons. The molecule has 1 aromatic heterocycles. The summed E-state index contributed by atoms with van der Waals surface area (Å²) in [5, 5.41) is 3.96. The molecule has 0 unspecified atom stereocenters. The maximum absolute atomic E-state index is 12.7. The van der Waals surface area contributed by atoms with Crippen LogP contribution in [0.15, 0.2) is 30.3 Å². The highest BCUT2D eigenvalue weighted by molar-refractivity contribution is 6.30. The first-order valence-electron chi connectivity index (χ1n) is 9.14. The zero-order valence-electron chi connectivity index (χ0n) is 15.3. The average Bonchev–Trinajstić information content (AvgIpc) is 2.61.